The topological polar surface area (TPSA) is 38.3 Å². The Morgan fingerprint density at radius 1 is 1.41 bits per heavy atom. The number of nitrogens with one attached hydrogen (secondary N) is 1. The van der Waals surface area contributed by atoms with Crippen LogP contribution in [-0.4, -0.2) is 13.0 Å². The summed E-state index contributed by atoms with van der Waals surface area (Å²) in [4.78, 5) is 11.9. The van der Waals surface area contributed by atoms with E-state index in [0.717, 1.165) is 0 Å². The van der Waals surface area contributed by atoms with E-state index in [1.165, 1.54) is 0 Å². The molecule has 1 rings (SSSR count). The summed E-state index contributed by atoms with van der Waals surface area (Å²) in [6.07, 6.45) is 0. The van der Waals surface area contributed by atoms with Crippen LogP contribution in [0, 0.1) is 5.41 Å². The van der Waals surface area contributed by atoms with Gasteiger partial charge in [-0.1, -0.05) is 32.4 Å². The van der Waals surface area contributed by atoms with E-state index in [0.29, 0.717) is 20.9 Å². The van der Waals surface area contributed by atoms with Crippen LogP contribution in [0.25, 0.3) is 0 Å². The Morgan fingerprint density at radius 3 is 2.47 bits per heavy atom. The molecule has 0 unspecified atom stereocenters. The van der Waals surface area contributed by atoms with Crippen LogP contribution in [0.15, 0.2) is 16.6 Å². The van der Waals surface area contributed by atoms with E-state index in [9.17, 15) is 4.79 Å². The third-order valence-corrected chi connectivity index (χ3v) is 3.30. The maximum absolute atomic E-state index is 11.9. The zero-order valence-electron chi connectivity index (χ0n) is 10.2. The fourth-order valence-electron chi connectivity index (χ4n) is 1.11. The molecule has 0 saturated heterocycles. The van der Waals surface area contributed by atoms with Gasteiger partial charge in [0.2, 0.25) is 5.91 Å². The first kappa shape index (κ1) is 14.3. The Kier molecular flexibility index (Phi) is 4.44. The molecule has 3 nitrogen and oxygen atoms in total. The number of amides is 1. The molecule has 0 aliphatic carbocycles. The monoisotopic (exact) mass is 319 g/mol. The fourth-order valence-corrected chi connectivity index (χ4v) is 2.03. The van der Waals surface area contributed by atoms with Crippen molar-refractivity contribution in [3.63, 3.8) is 0 Å². The van der Waals surface area contributed by atoms with Gasteiger partial charge in [-0.2, -0.15) is 0 Å². The Bertz CT molecular complexity index is 441. The molecule has 0 bridgehead atoms. The van der Waals surface area contributed by atoms with Gasteiger partial charge in [-0.25, -0.2) is 0 Å². The molecule has 0 aliphatic heterocycles. The first-order valence-corrected chi connectivity index (χ1v) is 6.28. The van der Waals surface area contributed by atoms with Crippen LogP contribution in [0.5, 0.6) is 5.75 Å². The van der Waals surface area contributed by atoms with Gasteiger partial charge in [0.05, 0.1) is 22.3 Å². The molecule has 0 radical (unpaired) electrons. The summed E-state index contributed by atoms with van der Waals surface area (Å²) in [5.74, 6) is 0.520. The quantitative estimate of drug-likeness (QED) is 0.891. The lowest BCUT2D eigenvalue weighted by Crippen LogP contribution is -2.27. The highest BCUT2D eigenvalue weighted by Gasteiger charge is 2.23. The minimum Gasteiger partial charge on any atom is -0.495 e. The number of ether oxygens (including phenoxy) is 1. The second-order valence-corrected chi connectivity index (χ2v) is 5.84. The van der Waals surface area contributed by atoms with Gasteiger partial charge < -0.3 is 10.1 Å². The molecule has 1 amide bonds. The summed E-state index contributed by atoms with van der Waals surface area (Å²) < 4.78 is 5.79. The van der Waals surface area contributed by atoms with Crippen molar-refractivity contribution in [2.45, 2.75) is 20.8 Å². The highest BCUT2D eigenvalue weighted by Crippen LogP contribution is 2.38. The van der Waals surface area contributed by atoms with Crippen molar-refractivity contribution in [3.8, 4) is 5.75 Å². The molecule has 5 heteroatoms. The van der Waals surface area contributed by atoms with E-state index in [4.69, 9.17) is 16.3 Å². The van der Waals surface area contributed by atoms with E-state index in [2.05, 4.69) is 21.2 Å². The minimum atomic E-state index is -0.480. The van der Waals surface area contributed by atoms with Crippen LogP contribution in [0.2, 0.25) is 5.02 Å². The van der Waals surface area contributed by atoms with Crippen molar-refractivity contribution < 1.29 is 9.53 Å². The van der Waals surface area contributed by atoms with E-state index in [1.807, 2.05) is 20.8 Å². The molecule has 0 saturated carbocycles. The van der Waals surface area contributed by atoms with Crippen molar-refractivity contribution >= 4 is 39.1 Å². The number of methoxy groups -OCH3 is 1. The average molecular weight is 321 g/mol. The van der Waals surface area contributed by atoms with Gasteiger partial charge in [0.1, 0.15) is 5.75 Å². The lowest BCUT2D eigenvalue weighted by molar-refractivity contribution is -0.123. The Morgan fingerprint density at radius 2 is 2.00 bits per heavy atom. The summed E-state index contributed by atoms with van der Waals surface area (Å²) in [6.45, 7) is 5.51. The van der Waals surface area contributed by atoms with Gasteiger partial charge in [0, 0.05) is 5.41 Å². The van der Waals surface area contributed by atoms with Crippen molar-refractivity contribution in [2.75, 3.05) is 12.4 Å². The minimum absolute atomic E-state index is 0.103. The standard InChI is InChI=1S/C12H15BrClNO2/c1-12(2,3)11(16)15-10-7(14)5-6-8(17-4)9(10)13/h5-6H,1-4H3,(H,15,16). The smallest absolute Gasteiger partial charge is 0.229 e. The summed E-state index contributed by atoms with van der Waals surface area (Å²) >= 11 is 9.42. The highest BCUT2D eigenvalue weighted by molar-refractivity contribution is 9.10. The molecule has 17 heavy (non-hydrogen) atoms. The SMILES string of the molecule is COc1ccc(Cl)c(NC(=O)C(C)(C)C)c1Br. The number of carbonyl (C=O) groups excluding carboxylic acids is 1. The van der Waals surface area contributed by atoms with E-state index in [1.54, 1.807) is 19.2 Å². The number of anilines is 1. The Labute approximate surface area is 115 Å². The van der Waals surface area contributed by atoms with Crippen molar-refractivity contribution in [2.24, 2.45) is 5.41 Å². The zero-order chi connectivity index (χ0) is 13.2. The molecule has 1 N–H and O–H groups in total. The molecule has 1 aromatic carbocycles. The van der Waals surface area contributed by atoms with Gasteiger partial charge in [0.15, 0.2) is 0 Å². The van der Waals surface area contributed by atoms with E-state index >= 15 is 0 Å². The van der Waals surface area contributed by atoms with Gasteiger partial charge in [-0.15, -0.1) is 0 Å². The number of rotatable bonds is 2. The van der Waals surface area contributed by atoms with Crippen molar-refractivity contribution in [1.82, 2.24) is 0 Å². The molecule has 0 aliphatic rings. The average Bonchev–Trinajstić information content (AvgIpc) is 2.22. The number of hydrogen-bond donors (Lipinski definition) is 1. The van der Waals surface area contributed by atoms with Gasteiger partial charge in [-0.3, -0.25) is 4.79 Å². The van der Waals surface area contributed by atoms with Crippen molar-refractivity contribution in [3.05, 3.63) is 21.6 Å². The molecule has 0 heterocycles. The van der Waals surface area contributed by atoms with Crippen LogP contribution >= 0.6 is 27.5 Å². The number of carbonyl (C=O) groups is 1. The second-order valence-electron chi connectivity index (χ2n) is 4.64. The van der Waals surface area contributed by atoms with Crippen LogP contribution in [0.3, 0.4) is 0 Å². The van der Waals surface area contributed by atoms with Crippen LogP contribution < -0.4 is 10.1 Å². The lowest BCUT2D eigenvalue weighted by atomic mass is 9.95. The summed E-state index contributed by atoms with van der Waals surface area (Å²) in [7, 11) is 1.56. The number of benzene rings is 1. The molecule has 0 fully saturated rings. The Hall–Kier alpha value is -0.740. The third kappa shape index (κ3) is 3.36. The number of halogens is 2. The maximum atomic E-state index is 11.9. The maximum Gasteiger partial charge on any atom is 0.229 e. The summed E-state index contributed by atoms with van der Waals surface area (Å²) in [6, 6.07) is 3.42. The Balaban J connectivity index is 3.10. The van der Waals surface area contributed by atoms with E-state index < -0.39 is 5.41 Å². The molecular weight excluding hydrogens is 305 g/mol. The molecule has 0 spiro atoms. The molecule has 1 aromatic rings. The van der Waals surface area contributed by atoms with Crippen LogP contribution in [-0.2, 0) is 4.79 Å². The van der Waals surface area contributed by atoms with Gasteiger partial charge in [0.25, 0.3) is 0 Å². The van der Waals surface area contributed by atoms with Crippen LogP contribution in [0.1, 0.15) is 20.8 Å². The highest BCUT2D eigenvalue weighted by atomic mass is 79.9. The van der Waals surface area contributed by atoms with E-state index in [-0.39, 0.29) is 5.91 Å². The molecular formula is C12H15BrClNO2. The normalized spacial score (nSPS) is 11.2. The molecule has 94 valence electrons. The van der Waals surface area contributed by atoms with Gasteiger partial charge in [-0.05, 0) is 28.1 Å². The first-order chi connectivity index (χ1) is 7.77. The third-order valence-electron chi connectivity index (χ3n) is 2.20. The fraction of sp³-hybridized carbons (Fsp3) is 0.417. The van der Waals surface area contributed by atoms with Crippen molar-refractivity contribution in [1.29, 1.82) is 0 Å². The molecule has 0 aromatic heterocycles. The lowest BCUT2D eigenvalue weighted by Gasteiger charge is -2.19. The zero-order valence-corrected chi connectivity index (χ0v) is 12.6. The molecule has 0 atom stereocenters. The predicted octanol–water partition coefficient (Wildman–Crippen LogP) is 4.10. The first-order valence-electron chi connectivity index (χ1n) is 5.11. The van der Waals surface area contributed by atoms with Crippen LogP contribution in [0.4, 0.5) is 5.69 Å². The second kappa shape index (κ2) is 5.27. The summed E-state index contributed by atoms with van der Waals surface area (Å²) in [5.41, 5.74) is 0.0530. The largest absolute Gasteiger partial charge is 0.495 e. The predicted molar refractivity (Wildman–Crippen MR) is 73.8 cm³/mol. The summed E-state index contributed by atoms with van der Waals surface area (Å²) in [5, 5.41) is 3.26. The number of hydrogen-bond acceptors (Lipinski definition) is 2. The van der Waals surface area contributed by atoms with Gasteiger partial charge >= 0.3 is 0 Å².